The van der Waals surface area contributed by atoms with Gasteiger partial charge in [-0.2, -0.15) is 0 Å². The summed E-state index contributed by atoms with van der Waals surface area (Å²) in [5, 5.41) is 1.66. The van der Waals surface area contributed by atoms with Gasteiger partial charge in [-0.1, -0.05) is 29.8 Å². The Bertz CT molecular complexity index is 1300. The molecule has 0 amide bonds. The van der Waals surface area contributed by atoms with E-state index in [0.29, 0.717) is 18.2 Å². The van der Waals surface area contributed by atoms with Gasteiger partial charge >= 0.3 is 0 Å². The van der Waals surface area contributed by atoms with Crippen molar-refractivity contribution in [2.24, 2.45) is 0 Å². The zero-order chi connectivity index (χ0) is 21.4. The lowest BCUT2D eigenvalue weighted by Gasteiger charge is -2.32. The van der Waals surface area contributed by atoms with Gasteiger partial charge in [0, 0.05) is 47.5 Å². The molecule has 1 aliphatic heterocycles. The molecule has 5 rings (SSSR count). The van der Waals surface area contributed by atoms with Crippen LogP contribution in [0, 0.1) is 0 Å². The molecule has 1 N–H and O–H groups in total. The normalized spacial score (nSPS) is 16.7. The smallest absolute Gasteiger partial charge is 0.251 e. The Hall–Kier alpha value is -3.09. The first-order valence-corrected chi connectivity index (χ1v) is 10.7. The van der Waals surface area contributed by atoms with Crippen molar-refractivity contribution in [3.63, 3.8) is 0 Å². The summed E-state index contributed by atoms with van der Waals surface area (Å²) in [6.07, 6.45) is 5.82. The van der Waals surface area contributed by atoms with Crippen molar-refractivity contribution < 1.29 is 4.74 Å². The number of fused-ring (bicyclic) bond motifs is 1. The van der Waals surface area contributed by atoms with E-state index in [2.05, 4.69) is 27.9 Å². The second-order valence-electron chi connectivity index (χ2n) is 7.89. The van der Waals surface area contributed by atoms with Crippen LogP contribution in [0.3, 0.4) is 0 Å². The third-order valence-corrected chi connectivity index (χ3v) is 6.10. The number of nitrogens with zero attached hydrogens (tertiary/aromatic N) is 3. The van der Waals surface area contributed by atoms with Crippen molar-refractivity contribution >= 4 is 28.3 Å². The van der Waals surface area contributed by atoms with E-state index in [1.165, 1.54) is 0 Å². The fourth-order valence-electron chi connectivity index (χ4n) is 4.07. The Morgan fingerprint density at radius 3 is 2.94 bits per heavy atom. The summed E-state index contributed by atoms with van der Waals surface area (Å²) in [4.78, 5) is 22.9. The van der Waals surface area contributed by atoms with E-state index in [0.717, 1.165) is 46.5 Å². The topological polar surface area (TPSA) is 63.2 Å². The highest BCUT2D eigenvalue weighted by Crippen LogP contribution is 2.30. The van der Waals surface area contributed by atoms with Crippen molar-refractivity contribution in [1.29, 1.82) is 0 Å². The summed E-state index contributed by atoms with van der Waals surface area (Å²) in [5.41, 5.74) is 4.54. The summed E-state index contributed by atoms with van der Waals surface area (Å²) in [6, 6.07) is 13.3. The minimum atomic E-state index is -0.0714. The SMILES string of the molecule is CC1CN(c2cnc3[nH]cc(-c4ccn(Cc5ccccc5Cl)c(=O)c4)c3c2)CCO1. The van der Waals surface area contributed by atoms with Gasteiger partial charge in [0.1, 0.15) is 5.65 Å². The van der Waals surface area contributed by atoms with Crippen LogP contribution in [0.15, 0.2) is 65.8 Å². The van der Waals surface area contributed by atoms with Crippen LogP contribution in [-0.2, 0) is 11.3 Å². The van der Waals surface area contributed by atoms with Crippen LogP contribution in [0.1, 0.15) is 12.5 Å². The van der Waals surface area contributed by atoms with Crippen LogP contribution in [0.25, 0.3) is 22.2 Å². The number of H-pyrrole nitrogens is 1. The van der Waals surface area contributed by atoms with E-state index in [4.69, 9.17) is 16.3 Å². The number of ether oxygens (including phenoxy) is 1. The molecule has 1 fully saturated rings. The lowest BCUT2D eigenvalue weighted by Crippen LogP contribution is -2.41. The molecule has 4 heterocycles. The van der Waals surface area contributed by atoms with Gasteiger partial charge in [-0.3, -0.25) is 4.79 Å². The van der Waals surface area contributed by atoms with Crippen LogP contribution < -0.4 is 10.5 Å². The molecule has 6 nitrogen and oxygen atoms in total. The van der Waals surface area contributed by atoms with E-state index >= 15 is 0 Å². The molecule has 0 bridgehead atoms. The third kappa shape index (κ3) is 3.96. The third-order valence-electron chi connectivity index (χ3n) is 5.73. The molecule has 31 heavy (non-hydrogen) atoms. The molecule has 0 radical (unpaired) electrons. The number of aromatic nitrogens is 3. The highest BCUT2D eigenvalue weighted by Gasteiger charge is 2.18. The average Bonchev–Trinajstić information content (AvgIpc) is 3.20. The zero-order valence-corrected chi connectivity index (χ0v) is 18.0. The summed E-state index contributed by atoms with van der Waals surface area (Å²) >= 11 is 6.25. The molecule has 1 atom stereocenters. The van der Waals surface area contributed by atoms with Gasteiger partial charge in [0.2, 0.25) is 0 Å². The van der Waals surface area contributed by atoms with E-state index in [9.17, 15) is 4.79 Å². The number of hydrogen-bond donors (Lipinski definition) is 1. The van der Waals surface area contributed by atoms with Gasteiger partial charge < -0.3 is 19.2 Å². The largest absolute Gasteiger partial charge is 0.375 e. The first kappa shape index (κ1) is 19.8. The molecule has 1 aromatic carbocycles. The Morgan fingerprint density at radius 2 is 2.13 bits per heavy atom. The van der Waals surface area contributed by atoms with Gasteiger partial charge in [0.05, 0.1) is 31.1 Å². The van der Waals surface area contributed by atoms with Crippen LogP contribution >= 0.6 is 11.6 Å². The van der Waals surface area contributed by atoms with E-state index in [1.54, 1.807) is 10.6 Å². The van der Waals surface area contributed by atoms with E-state index < -0.39 is 0 Å². The zero-order valence-electron chi connectivity index (χ0n) is 17.2. The maximum absolute atomic E-state index is 12.8. The number of anilines is 1. The Kier molecular flexibility index (Phi) is 5.26. The Labute approximate surface area is 185 Å². The second-order valence-corrected chi connectivity index (χ2v) is 8.30. The molecule has 7 heteroatoms. The van der Waals surface area contributed by atoms with Crippen LogP contribution in [0.5, 0.6) is 0 Å². The standard InChI is InChI=1S/C24H23ClN4O2/c1-16-14-28(8-9-31-16)19-11-20-21(13-27-24(20)26-12-19)17-6-7-29(23(30)10-17)15-18-4-2-3-5-22(18)25/h2-7,10-13,16H,8-9,14-15H2,1H3,(H,26,27). The van der Waals surface area contributed by atoms with Crippen LogP contribution in [-0.4, -0.2) is 40.3 Å². The Balaban J connectivity index is 1.47. The maximum atomic E-state index is 12.8. The van der Waals surface area contributed by atoms with Crippen molar-refractivity contribution in [3.8, 4) is 11.1 Å². The molecule has 1 aliphatic rings. The molecule has 4 aromatic rings. The monoisotopic (exact) mass is 434 g/mol. The van der Waals surface area contributed by atoms with Gasteiger partial charge in [0.25, 0.3) is 5.56 Å². The van der Waals surface area contributed by atoms with Crippen molar-refractivity contribution in [2.45, 2.75) is 19.6 Å². The van der Waals surface area contributed by atoms with Crippen molar-refractivity contribution in [2.75, 3.05) is 24.6 Å². The highest BCUT2D eigenvalue weighted by atomic mass is 35.5. The molecular formula is C24H23ClN4O2. The number of aromatic amines is 1. The molecule has 0 aliphatic carbocycles. The number of benzene rings is 1. The minimum Gasteiger partial charge on any atom is -0.375 e. The van der Waals surface area contributed by atoms with Crippen LogP contribution in [0.2, 0.25) is 5.02 Å². The first-order valence-electron chi connectivity index (χ1n) is 10.4. The van der Waals surface area contributed by atoms with Gasteiger partial charge in [-0.25, -0.2) is 4.98 Å². The quantitative estimate of drug-likeness (QED) is 0.519. The summed E-state index contributed by atoms with van der Waals surface area (Å²) in [5.74, 6) is 0. The summed E-state index contributed by atoms with van der Waals surface area (Å²) < 4.78 is 7.32. The average molecular weight is 435 g/mol. The van der Waals surface area contributed by atoms with Gasteiger partial charge in [-0.05, 0) is 36.2 Å². The fourth-order valence-corrected chi connectivity index (χ4v) is 4.27. The molecule has 3 aromatic heterocycles. The molecule has 1 unspecified atom stereocenters. The predicted molar refractivity (Wildman–Crippen MR) is 124 cm³/mol. The molecule has 158 valence electrons. The summed E-state index contributed by atoms with van der Waals surface area (Å²) in [6.45, 7) is 4.91. The predicted octanol–water partition coefficient (Wildman–Crippen LogP) is 4.32. The minimum absolute atomic E-state index is 0.0714. The lowest BCUT2D eigenvalue weighted by molar-refractivity contribution is 0.0532. The lowest BCUT2D eigenvalue weighted by atomic mass is 10.1. The second kappa shape index (κ2) is 8.21. The molecule has 0 saturated carbocycles. The van der Waals surface area contributed by atoms with Gasteiger partial charge in [0.15, 0.2) is 0 Å². The molecular weight excluding hydrogens is 412 g/mol. The number of halogens is 1. The highest BCUT2D eigenvalue weighted by molar-refractivity contribution is 6.31. The number of nitrogens with one attached hydrogen (secondary N) is 1. The molecule has 0 spiro atoms. The van der Waals surface area contributed by atoms with Crippen molar-refractivity contribution in [3.05, 3.63) is 82.0 Å². The number of hydrogen-bond acceptors (Lipinski definition) is 4. The van der Waals surface area contributed by atoms with E-state index in [1.807, 2.05) is 48.9 Å². The number of rotatable bonds is 4. The summed E-state index contributed by atoms with van der Waals surface area (Å²) in [7, 11) is 0. The van der Waals surface area contributed by atoms with Gasteiger partial charge in [-0.15, -0.1) is 0 Å². The first-order chi connectivity index (χ1) is 15.1. The number of pyridine rings is 2. The van der Waals surface area contributed by atoms with Crippen LogP contribution in [0.4, 0.5) is 5.69 Å². The molecule has 1 saturated heterocycles. The maximum Gasteiger partial charge on any atom is 0.251 e. The van der Waals surface area contributed by atoms with E-state index in [-0.39, 0.29) is 11.7 Å². The fraction of sp³-hybridized carbons (Fsp3) is 0.250. The Morgan fingerprint density at radius 1 is 1.26 bits per heavy atom. The van der Waals surface area contributed by atoms with Crippen molar-refractivity contribution in [1.82, 2.24) is 14.5 Å². The number of morpholine rings is 1.